The Hall–Kier alpha value is -4.48. The monoisotopic (exact) mass is 622 g/mol. The van der Waals surface area contributed by atoms with Gasteiger partial charge in [0.05, 0.1) is 20.3 Å². The van der Waals surface area contributed by atoms with Crippen LogP contribution in [-0.4, -0.2) is 78.6 Å². The lowest BCUT2D eigenvalue weighted by molar-refractivity contribution is 0.0554. The summed E-state index contributed by atoms with van der Waals surface area (Å²) in [7, 11) is 2.90. The van der Waals surface area contributed by atoms with Crippen LogP contribution < -0.4 is 20.9 Å². The lowest BCUT2D eigenvalue weighted by Gasteiger charge is -2.29. The van der Waals surface area contributed by atoms with Gasteiger partial charge in [0.15, 0.2) is 11.6 Å². The summed E-state index contributed by atoms with van der Waals surface area (Å²) in [4.78, 5) is 42.9. The highest BCUT2D eigenvalue weighted by Gasteiger charge is 2.26. The van der Waals surface area contributed by atoms with Gasteiger partial charge < -0.3 is 35.8 Å². The molecule has 2 atom stereocenters. The molecule has 0 saturated heterocycles. The van der Waals surface area contributed by atoms with Crippen LogP contribution >= 0.6 is 0 Å². The molecule has 3 aromatic rings. The van der Waals surface area contributed by atoms with Gasteiger partial charge in [-0.3, -0.25) is 14.4 Å². The lowest BCUT2D eigenvalue weighted by Crippen LogP contribution is -2.46. The molecule has 0 heterocycles. The van der Waals surface area contributed by atoms with E-state index in [1.807, 2.05) is 13.8 Å². The van der Waals surface area contributed by atoms with Crippen LogP contribution in [0.2, 0.25) is 0 Å². The summed E-state index contributed by atoms with van der Waals surface area (Å²) < 4.78 is 24.6. The van der Waals surface area contributed by atoms with Gasteiger partial charge in [-0.2, -0.15) is 0 Å². The number of primary amides is 1. The Bertz CT molecular complexity index is 1480. The maximum atomic E-state index is 14.3. The quantitative estimate of drug-likeness (QED) is 0.220. The third-order valence-electron chi connectivity index (χ3n) is 7.37. The van der Waals surface area contributed by atoms with E-state index in [2.05, 4.69) is 0 Å². The van der Waals surface area contributed by atoms with Crippen LogP contribution in [0.5, 0.6) is 11.5 Å². The maximum Gasteiger partial charge on any atom is 0.254 e. The molecule has 3 rings (SSSR count). The van der Waals surface area contributed by atoms with Crippen molar-refractivity contribution in [1.29, 1.82) is 0 Å². The van der Waals surface area contributed by atoms with Crippen LogP contribution in [0.4, 0.5) is 4.39 Å². The molecule has 0 radical (unpaired) electrons. The van der Waals surface area contributed by atoms with Gasteiger partial charge in [-0.15, -0.1) is 0 Å². The van der Waals surface area contributed by atoms with E-state index in [-0.39, 0.29) is 47.9 Å². The number of hydrogen-bond acceptors (Lipinski definition) is 7. The number of amides is 3. The fraction of sp³-hybridized carbons (Fsp3) is 0.382. The number of aliphatic hydroxyl groups is 1. The largest absolute Gasteiger partial charge is 0.497 e. The Morgan fingerprint density at radius 2 is 1.47 bits per heavy atom. The molecule has 0 spiro atoms. The number of carbonyl (C=O) groups excluding carboxylic acids is 3. The maximum absolute atomic E-state index is 14.3. The lowest BCUT2D eigenvalue weighted by atomic mass is 10.00. The number of rotatable bonds is 16. The van der Waals surface area contributed by atoms with Crippen molar-refractivity contribution in [2.45, 2.75) is 51.8 Å². The summed E-state index contributed by atoms with van der Waals surface area (Å²) in [5, 5.41) is 11.2. The molecule has 10 nitrogen and oxygen atoms in total. The summed E-state index contributed by atoms with van der Waals surface area (Å²) >= 11 is 0. The zero-order valence-corrected chi connectivity index (χ0v) is 26.3. The van der Waals surface area contributed by atoms with Crippen molar-refractivity contribution in [2.75, 3.05) is 33.9 Å². The van der Waals surface area contributed by atoms with E-state index in [4.69, 9.17) is 20.9 Å². The van der Waals surface area contributed by atoms with Gasteiger partial charge in [-0.25, -0.2) is 4.39 Å². The molecule has 0 aromatic heterocycles. The number of nitrogens with zero attached hydrogens (tertiary/aromatic N) is 2. The smallest absolute Gasteiger partial charge is 0.254 e. The van der Waals surface area contributed by atoms with E-state index in [1.54, 1.807) is 35.2 Å². The van der Waals surface area contributed by atoms with Crippen molar-refractivity contribution in [3.05, 3.63) is 94.3 Å². The van der Waals surface area contributed by atoms with E-state index in [9.17, 15) is 23.9 Å². The molecule has 0 aliphatic rings. The SMILES string of the molecule is CCCN(CCC)C(=O)c1cc(C(N)=O)cc(C(=O)N(Cc2cccc(OC)c2)C[C@@H](O)[C@@H](N)Cc2ccc(OC)c(F)c2)c1. The first-order valence-corrected chi connectivity index (χ1v) is 14.9. The van der Waals surface area contributed by atoms with E-state index in [0.717, 1.165) is 12.8 Å². The van der Waals surface area contributed by atoms with Crippen molar-refractivity contribution in [3.63, 3.8) is 0 Å². The second kappa shape index (κ2) is 16.6. The van der Waals surface area contributed by atoms with Gasteiger partial charge in [0.25, 0.3) is 11.8 Å². The standard InChI is InChI=1S/C34H43FN4O6/c1-5-12-38(13-6-2)33(42)25-17-24(32(37)41)18-26(19-25)34(43)39(20-23-8-7-9-27(14-23)44-3)21-30(40)29(36)16-22-10-11-31(45-4)28(35)15-22/h7-11,14-15,17-19,29-30,40H,5-6,12-13,16,20-21,36H2,1-4H3,(H2,37,41)/t29-,30+/m0/s1. The average molecular weight is 623 g/mol. The molecular weight excluding hydrogens is 579 g/mol. The molecule has 0 saturated carbocycles. The molecule has 0 aliphatic heterocycles. The van der Waals surface area contributed by atoms with Gasteiger partial charge in [0.1, 0.15) is 5.75 Å². The topological polar surface area (TPSA) is 148 Å². The highest BCUT2D eigenvalue weighted by molar-refractivity contribution is 6.04. The Balaban J connectivity index is 1.97. The zero-order valence-electron chi connectivity index (χ0n) is 26.3. The molecular formula is C34H43FN4O6. The third-order valence-corrected chi connectivity index (χ3v) is 7.37. The minimum absolute atomic E-state index is 0.0114. The first-order chi connectivity index (χ1) is 21.5. The van der Waals surface area contributed by atoms with Crippen LogP contribution in [0.15, 0.2) is 60.7 Å². The second-order valence-corrected chi connectivity index (χ2v) is 10.9. The molecule has 3 aromatic carbocycles. The molecule has 0 unspecified atom stereocenters. The van der Waals surface area contributed by atoms with Gasteiger partial charge in [-0.05, 0) is 72.9 Å². The summed E-state index contributed by atoms with van der Waals surface area (Å²) in [6.07, 6.45) is 0.393. The van der Waals surface area contributed by atoms with Crippen molar-refractivity contribution < 1.29 is 33.4 Å². The average Bonchev–Trinajstić information content (AvgIpc) is 3.03. The number of nitrogens with two attached hydrogens (primary N) is 2. The molecule has 45 heavy (non-hydrogen) atoms. The minimum atomic E-state index is -1.21. The third kappa shape index (κ3) is 9.50. The second-order valence-electron chi connectivity index (χ2n) is 10.9. The summed E-state index contributed by atoms with van der Waals surface area (Å²) in [5.74, 6) is -1.54. The van der Waals surface area contributed by atoms with E-state index >= 15 is 0 Å². The minimum Gasteiger partial charge on any atom is -0.497 e. The Labute approximate surface area is 263 Å². The molecule has 11 heteroatoms. The summed E-state index contributed by atoms with van der Waals surface area (Å²) in [5.41, 5.74) is 13.4. The van der Waals surface area contributed by atoms with Crippen LogP contribution in [0.1, 0.15) is 68.9 Å². The number of methoxy groups -OCH3 is 2. The van der Waals surface area contributed by atoms with Crippen LogP contribution in [0.25, 0.3) is 0 Å². The van der Waals surface area contributed by atoms with Crippen molar-refractivity contribution in [3.8, 4) is 11.5 Å². The van der Waals surface area contributed by atoms with Gasteiger partial charge >= 0.3 is 0 Å². The Morgan fingerprint density at radius 1 is 0.844 bits per heavy atom. The van der Waals surface area contributed by atoms with Gasteiger partial charge in [0, 0.05) is 48.9 Å². The number of benzene rings is 3. The Morgan fingerprint density at radius 3 is 2.02 bits per heavy atom. The number of hydrogen-bond donors (Lipinski definition) is 3. The first-order valence-electron chi connectivity index (χ1n) is 14.9. The van der Waals surface area contributed by atoms with Gasteiger partial charge in [-0.1, -0.05) is 32.0 Å². The van der Waals surface area contributed by atoms with Crippen LogP contribution in [0.3, 0.4) is 0 Å². The van der Waals surface area contributed by atoms with Crippen LogP contribution in [0, 0.1) is 5.82 Å². The van der Waals surface area contributed by atoms with Crippen molar-refractivity contribution in [2.24, 2.45) is 11.5 Å². The van der Waals surface area contributed by atoms with Crippen molar-refractivity contribution in [1.82, 2.24) is 9.80 Å². The fourth-order valence-electron chi connectivity index (χ4n) is 5.05. The molecule has 5 N–H and O–H groups in total. The number of ether oxygens (including phenoxy) is 2. The molecule has 0 aliphatic carbocycles. The number of aliphatic hydroxyl groups excluding tert-OH is 1. The normalized spacial score (nSPS) is 12.2. The highest BCUT2D eigenvalue weighted by Crippen LogP contribution is 2.21. The molecule has 242 valence electrons. The van der Waals surface area contributed by atoms with E-state index in [0.29, 0.717) is 30.0 Å². The Kier molecular flexibility index (Phi) is 12.9. The predicted octanol–water partition coefficient (Wildman–Crippen LogP) is 3.78. The van der Waals surface area contributed by atoms with Crippen LogP contribution in [-0.2, 0) is 13.0 Å². The summed E-state index contributed by atoms with van der Waals surface area (Å²) in [6.45, 7) is 4.81. The van der Waals surface area contributed by atoms with Crippen molar-refractivity contribution >= 4 is 17.7 Å². The van der Waals surface area contributed by atoms with E-state index in [1.165, 1.54) is 49.5 Å². The highest BCUT2D eigenvalue weighted by atomic mass is 19.1. The van der Waals surface area contributed by atoms with E-state index < -0.39 is 29.8 Å². The predicted molar refractivity (Wildman–Crippen MR) is 170 cm³/mol. The zero-order chi connectivity index (χ0) is 33.1. The summed E-state index contributed by atoms with van der Waals surface area (Å²) in [6, 6.07) is 14.9. The molecule has 0 fully saturated rings. The first kappa shape index (κ1) is 35.0. The molecule has 0 bridgehead atoms. The van der Waals surface area contributed by atoms with Gasteiger partial charge in [0.2, 0.25) is 5.91 Å². The molecule has 3 amide bonds. The number of carbonyl (C=O) groups is 3. The fourth-order valence-corrected chi connectivity index (χ4v) is 5.05. The number of halogens is 1.